The minimum Gasteiger partial charge on any atom is -0.324 e. The van der Waals surface area contributed by atoms with Crippen LogP contribution in [0.2, 0.25) is 5.02 Å². The molecule has 1 aliphatic heterocycles. The number of non-ortho nitro benzene ring substituents is 1. The molecule has 9 heteroatoms. The highest BCUT2D eigenvalue weighted by atomic mass is 35.5. The van der Waals surface area contributed by atoms with E-state index >= 15 is 0 Å². The summed E-state index contributed by atoms with van der Waals surface area (Å²) in [4.78, 5) is 38.3. The van der Waals surface area contributed by atoms with Gasteiger partial charge < -0.3 is 4.90 Å². The minimum atomic E-state index is -0.626. The summed E-state index contributed by atoms with van der Waals surface area (Å²) in [5.41, 5.74) is 0.00423. The number of halogens is 2. The van der Waals surface area contributed by atoms with Crippen molar-refractivity contribution in [3.63, 3.8) is 0 Å². The number of likely N-dealkylation sites (tertiary alicyclic amines) is 1. The highest BCUT2D eigenvalue weighted by molar-refractivity contribution is 6.34. The zero-order valence-electron chi connectivity index (χ0n) is 14.1. The third-order valence-corrected chi connectivity index (χ3v) is 4.59. The lowest BCUT2D eigenvalue weighted by Crippen LogP contribution is -2.42. The van der Waals surface area contributed by atoms with Crippen molar-refractivity contribution in [2.24, 2.45) is 0 Å². The third-order valence-electron chi connectivity index (χ3n) is 4.26. The third kappa shape index (κ3) is 4.06. The fourth-order valence-corrected chi connectivity index (χ4v) is 3.04. The summed E-state index contributed by atoms with van der Waals surface area (Å²) in [6.07, 6.45) is 1.07. The average molecular weight is 392 g/mol. The lowest BCUT2D eigenvalue weighted by atomic mass is 10.1. The van der Waals surface area contributed by atoms with Crippen LogP contribution < -0.4 is 4.90 Å². The monoisotopic (exact) mass is 391 g/mol. The molecular weight excluding hydrogens is 377 g/mol. The second-order valence-electron chi connectivity index (χ2n) is 6.03. The number of carbonyl (C=O) groups is 2. The van der Waals surface area contributed by atoms with E-state index in [1.54, 1.807) is 0 Å². The molecular formula is C18H15ClFN3O4. The molecule has 0 spiro atoms. The molecule has 0 unspecified atom stereocenters. The van der Waals surface area contributed by atoms with Crippen LogP contribution in [0.5, 0.6) is 0 Å². The Morgan fingerprint density at radius 1 is 1.26 bits per heavy atom. The van der Waals surface area contributed by atoms with Gasteiger partial charge in [0.1, 0.15) is 12.5 Å². The standard InChI is InChI=1S/C18H15ClFN3O4/c19-16-8-7-14(23(26)27)10-15(16)18(25)22(11-21-9-1-2-17(21)24)13-5-3-12(20)4-6-13/h3-8,10H,1-2,9,11H2. The summed E-state index contributed by atoms with van der Waals surface area (Å²) in [6.45, 7) is 0.439. The zero-order chi connectivity index (χ0) is 19.6. The number of nitro groups is 1. The molecule has 1 heterocycles. The maximum atomic E-state index is 13.3. The Balaban J connectivity index is 2.00. The van der Waals surface area contributed by atoms with Gasteiger partial charge in [0.15, 0.2) is 0 Å². The van der Waals surface area contributed by atoms with Crippen LogP contribution in [0.15, 0.2) is 42.5 Å². The van der Waals surface area contributed by atoms with Crippen molar-refractivity contribution < 1.29 is 18.9 Å². The maximum Gasteiger partial charge on any atom is 0.270 e. The Morgan fingerprint density at radius 3 is 2.56 bits per heavy atom. The zero-order valence-corrected chi connectivity index (χ0v) is 14.9. The molecule has 7 nitrogen and oxygen atoms in total. The highest BCUT2D eigenvalue weighted by Crippen LogP contribution is 2.27. The van der Waals surface area contributed by atoms with Crippen LogP contribution in [0.1, 0.15) is 23.2 Å². The van der Waals surface area contributed by atoms with Gasteiger partial charge in [-0.05, 0) is 36.8 Å². The lowest BCUT2D eigenvalue weighted by molar-refractivity contribution is -0.384. The molecule has 27 heavy (non-hydrogen) atoms. The molecule has 0 atom stereocenters. The van der Waals surface area contributed by atoms with Crippen LogP contribution in [0.4, 0.5) is 15.8 Å². The average Bonchev–Trinajstić information content (AvgIpc) is 3.05. The van der Waals surface area contributed by atoms with Crippen LogP contribution in [0, 0.1) is 15.9 Å². The highest BCUT2D eigenvalue weighted by Gasteiger charge is 2.28. The number of hydrogen-bond acceptors (Lipinski definition) is 4. The summed E-state index contributed by atoms with van der Waals surface area (Å²) in [7, 11) is 0. The van der Waals surface area contributed by atoms with Gasteiger partial charge in [0, 0.05) is 30.8 Å². The van der Waals surface area contributed by atoms with E-state index in [1.165, 1.54) is 46.2 Å². The summed E-state index contributed by atoms with van der Waals surface area (Å²) >= 11 is 6.09. The normalized spacial score (nSPS) is 13.7. The van der Waals surface area contributed by atoms with Crippen LogP contribution >= 0.6 is 11.6 Å². The first-order valence-corrected chi connectivity index (χ1v) is 8.54. The number of benzene rings is 2. The van der Waals surface area contributed by atoms with Gasteiger partial charge in [-0.25, -0.2) is 4.39 Å². The lowest BCUT2D eigenvalue weighted by Gasteiger charge is -2.28. The van der Waals surface area contributed by atoms with E-state index in [0.29, 0.717) is 25.1 Å². The molecule has 2 amide bonds. The molecule has 0 radical (unpaired) electrons. The number of anilines is 1. The van der Waals surface area contributed by atoms with E-state index in [2.05, 4.69) is 0 Å². The summed E-state index contributed by atoms with van der Waals surface area (Å²) in [5, 5.41) is 11.1. The molecule has 0 N–H and O–H groups in total. The largest absolute Gasteiger partial charge is 0.324 e. The van der Waals surface area contributed by atoms with Crippen LogP contribution in [-0.4, -0.2) is 34.9 Å². The molecule has 0 aliphatic carbocycles. The fourth-order valence-electron chi connectivity index (χ4n) is 2.84. The fraction of sp³-hybridized carbons (Fsp3) is 0.222. The number of amides is 2. The van der Waals surface area contributed by atoms with E-state index in [1.807, 2.05) is 0 Å². The Bertz CT molecular complexity index is 904. The predicted octanol–water partition coefficient (Wildman–Crippen LogP) is 3.61. The summed E-state index contributed by atoms with van der Waals surface area (Å²) in [5.74, 6) is -1.19. The van der Waals surface area contributed by atoms with Gasteiger partial charge in [-0.1, -0.05) is 11.6 Å². The second-order valence-corrected chi connectivity index (χ2v) is 6.44. The van der Waals surface area contributed by atoms with Crippen molar-refractivity contribution in [2.45, 2.75) is 12.8 Å². The molecule has 0 bridgehead atoms. The Morgan fingerprint density at radius 2 is 1.96 bits per heavy atom. The van der Waals surface area contributed by atoms with Gasteiger partial charge in [-0.3, -0.25) is 24.6 Å². The van der Waals surface area contributed by atoms with E-state index in [4.69, 9.17) is 11.6 Å². The topological polar surface area (TPSA) is 83.8 Å². The summed E-state index contributed by atoms with van der Waals surface area (Å²) in [6, 6.07) is 8.75. The number of rotatable bonds is 5. The van der Waals surface area contributed by atoms with Crippen LogP contribution in [-0.2, 0) is 4.79 Å². The number of hydrogen-bond donors (Lipinski definition) is 0. The first-order chi connectivity index (χ1) is 12.9. The van der Waals surface area contributed by atoms with Crippen LogP contribution in [0.25, 0.3) is 0 Å². The van der Waals surface area contributed by atoms with Gasteiger partial charge in [-0.15, -0.1) is 0 Å². The molecule has 1 saturated heterocycles. The Labute approximate surface area is 159 Å². The van der Waals surface area contributed by atoms with Crippen molar-refractivity contribution >= 4 is 34.8 Å². The van der Waals surface area contributed by atoms with Gasteiger partial charge in [0.25, 0.3) is 11.6 Å². The van der Waals surface area contributed by atoms with E-state index in [9.17, 15) is 24.1 Å². The van der Waals surface area contributed by atoms with Gasteiger partial charge in [0.05, 0.1) is 15.5 Å². The molecule has 1 fully saturated rings. The molecule has 2 aromatic rings. The first-order valence-electron chi connectivity index (χ1n) is 8.16. The number of carbonyl (C=O) groups excluding carboxylic acids is 2. The van der Waals surface area contributed by atoms with E-state index < -0.39 is 16.6 Å². The van der Waals surface area contributed by atoms with Crippen molar-refractivity contribution in [1.29, 1.82) is 0 Å². The van der Waals surface area contributed by atoms with E-state index in [0.717, 1.165) is 6.07 Å². The molecule has 3 rings (SSSR count). The predicted molar refractivity (Wildman–Crippen MR) is 97.1 cm³/mol. The van der Waals surface area contributed by atoms with Crippen LogP contribution in [0.3, 0.4) is 0 Å². The van der Waals surface area contributed by atoms with Crippen molar-refractivity contribution in [3.8, 4) is 0 Å². The minimum absolute atomic E-state index is 0.0467. The van der Waals surface area contributed by atoms with E-state index in [-0.39, 0.29) is 28.8 Å². The Hall–Kier alpha value is -3.00. The van der Waals surface area contributed by atoms with Crippen molar-refractivity contribution in [1.82, 2.24) is 4.90 Å². The van der Waals surface area contributed by atoms with Gasteiger partial charge >= 0.3 is 0 Å². The van der Waals surface area contributed by atoms with Crippen molar-refractivity contribution in [3.05, 3.63) is 69.0 Å². The van der Waals surface area contributed by atoms with Crippen molar-refractivity contribution in [2.75, 3.05) is 18.1 Å². The molecule has 2 aromatic carbocycles. The first kappa shape index (κ1) is 18.8. The van der Waals surface area contributed by atoms with Gasteiger partial charge in [-0.2, -0.15) is 0 Å². The molecule has 0 aromatic heterocycles. The quantitative estimate of drug-likeness (QED) is 0.575. The van der Waals surface area contributed by atoms with Gasteiger partial charge in [0.2, 0.25) is 5.91 Å². The molecule has 1 aliphatic rings. The summed E-state index contributed by atoms with van der Waals surface area (Å²) < 4.78 is 13.3. The molecule has 140 valence electrons. The second kappa shape index (κ2) is 7.71. The smallest absolute Gasteiger partial charge is 0.270 e. The maximum absolute atomic E-state index is 13.3. The molecule has 0 saturated carbocycles. The SMILES string of the molecule is O=C1CCCN1CN(C(=O)c1cc([N+](=O)[O-])ccc1Cl)c1ccc(F)cc1. The number of nitro benzene ring substituents is 1. The Kier molecular flexibility index (Phi) is 5.36. The number of nitrogens with zero attached hydrogens (tertiary/aromatic N) is 3.